The highest BCUT2D eigenvalue weighted by molar-refractivity contribution is 9.10. The molecule has 4 heteroatoms. The first-order chi connectivity index (χ1) is 9.10. The largest absolute Gasteiger partial charge is 0.377 e. The Kier molecular flexibility index (Phi) is 4.83. The van der Waals surface area contributed by atoms with E-state index in [9.17, 15) is 4.39 Å². The molecule has 0 aliphatic rings. The van der Waals surface area contributed by atoms with Gasteiger partial charge in [-0.1, -0.05) is 30.7 Å². The molecule has 0 bridgehead atoms. The average Bonchev–Trinajstić information content (AvgIpc) is 2.41. The molecule has 0 saturated carbocycles. The van der Waals surface area contributed by atoms with E-state index in [1.165, 1.54) is 12.1 Å². The summed E-state index contributed by atoms with van der Waals surface area (Å²) in [6, 6.07) is 12.3. The summed E-state index contributed by atoms with van der Waals surface area (Å²) in [4.78, 5) is 0. The van der Waals surface area contributed by atoms with Crippen molar-refractivity contribution in [3.05, 3.63) is 63.3 Å². The van der Waals surface area contributed by atoms with Gasteiger partial charge in [0.1, 0.15) is 5.82 Å². The molecule has 1 nitrogen and oxygen atoms in total. The summed E-state index contributed by atoms with van der Waals surface area (Å²) in [6.45, 7) is 2.08. The van der Waals surface area contributed by atoms with Crippen LogP contribution in [-0.4, -0.2) is 0 Å². The maximum absolute atomic E-state index is 13.0. The van der Waals surface area contributed by atoms with E-state index in [4.69, 9.17) is 11.6 Å². The van der Waals surface area contributed by atoms with Gasteiger partial charge in [-0.2, -0.15) is 0 Å². The fraction of sp³-hybridized carbons (Fsp3) is 0.200. The number of benzene rings is 2. The molecule has 0 amide bonds. The van der Waals surface area contributed by atoms with Crippen molar-refractivity contribution < 1.29 is 4.39 Å². The highest BCUT2D eigenvalue weighted by atomic mass is 79.9. The fourth-order valence-electron chi connectivity index (χ4n) is 1.91. The van der Waals surface area contributed by atoms with Crippen LogP contribution in [0.25, 0.3) is 0 Å². The van der Waals surface area contributed by atoms with Crippen molar-refractivity contribution in [3.8, 4) is 0 Å². The Morgan fingerprint density at radius 3 is 2.53 bits per heavy atom. The molecule has 0 aliphatic carbocycles. The lowest BCUT2D eigenvalue weighted by Crippen LogP contribution is -2.10. The highest BCUT2D eigenvalue weighted by Crippen LogP contribution is 2.30. The van der Waals surface area contributed by atoms with E-state index in [0.29, 0.717) is 5.02 Å². The van der Waals surface area contributed by atoms with Crippen molar-refractivity contribution in [1.82, 2.24) is 0 Å². The van der Waals surface area contributed by atoms with E-state index in [0.717, 1.165) is 22.1 Å². The summed E-state index contributed by atoms with van der Waals surface area (Å²) in [7, 11) is 0. The van der Waals surface area contributed by atoms with Crippen LogP contribution < -0.4 is 5.32 Å². The standard InChI is InChI=1S/C15H14BrClFN/c1-2-14(10-3-6-12(18)7-4-10)19-15-9-11(17)5-8-13(15)16/h3-9,14,19H,2H2,1H3. The lowest BCUT2D eigenvalue weighted by atomic mass is 10.0. The van der Waals surface area contributed by atoms with Crippen LogP contribution in [0.2, 0.25) is 5.02 Å². The van der Waals surface area contributed by atoms with Gasteiger partial charge in [-0.15, -0.1) is 0 Å². The third-order valence-electron chi connectivity index (χ3n) is 2.94. The van der Waals surface area contributed by atoms with E-state index < -0.39 is 0 Å². The maximum Gasteiger partial charge on any atom is 0.123 e. The van der Waals surface area contributed by atoms with Crippen molar-refractivity contribution in [2.75, 3.05) is 5.32 Å². The molecule has 2 aromatic carbocycles. The van der Waals surface area contributed by atoms with Gasteiger partial charge in [-0.3, -0.25) is 0 Å². The molecule has 1 atom stereocenters. The second-order valence-electron chi connectivity index (χ2n) is 4.28. The second-order valence-corrected chi connectivity index (χ2v) is 5.57. The van der Waals surface area contributed by atoms with Crippen LogP contribution in [0.1, 0.15) is 24.9 Å². The molecule has 2 rings (SSSR count). The van der Waals surface area contributed by atoms with Crippen LogP contribution in [-0.2, 0) is 0 Å². The number of hydrogen-bond donors (Lipinski definition) is 1. The van der Waals surface area contributed by atoms with Crippen molar-refractivity contribution in [3.63, 3.8) is 0 Å². The normalized spacial score (nSPS) is 12.2. The zero-order valence-corrected chi connectivity index (χ0v) is 12.8. The molecule has 19 heavy (non-hydrogen) atoms. The summed E-state index contributed by atoms with van der Waals surface area (Å²) in [5.41, 5.74) is 1.99. The van der Waals surface area contributed by atoms with Gasteiger partial charge in [0.05, 0.1) is 11.7 Å². The number of hydrogen-bond acceptors (Lipinski definition) is 1. The first-order valence-electron chi connectivity index (χ1n) is 6.07. The van der Waals surface area contributed by atoms with Crippen molar-refractivity contribution in [2.24, 2.45) is 0 Å². The van der Waals surface area contributed by atoms with Gasteiger partial charge in [-0.25, -0.2) is 4.39 Å². The topological polar surface area (TPSA) is 12.0 Å². The van der Waals surface area contributed by atoms with Crippen LogP contribution in [0.5, 0.6) is 0 Å². The van der Waals surface area contributed by atoms with E-state index >= 15 is 0 Å². The monoisotopic (exact) mass is 341 g/mol. The van der Waals surface area contributed by atoms with Gasteiger partial charge in [-0.05, 0) is 58.2 Å². The van der Waals surface area contributed by atoms with E-state index in [1.54, 1.807) is 12.1 Å². The Morgan fingerprint density at radius 2 is 1.89 bits per heavy atom. The molecule has 0 aliphatic heterocycles. The van der Waals surface area contributed by atoms with Gasteiger partial charge in [0.15, 0.2) is 0 Å². The molecular formula is C15H14BrClFN. The van der Waals surface area contributed by atoms with Crippen LogP contribution in [0.15, 0.2) is 46.9 Å². The Bertz CT molecular complexity index is 557. The minimum absolute atomic E-state index is 0.121. The maximum atomic E-state index is 13.0. The predicted octanol–water partition coefficient (Wildman–Crippen LogP) is 5.80. The van der Waals surface area contributed by atoms with Crippen LogP contribution >= 0.6 is 27.5 Å². The van der Waals surface area contributed by atoms with Crippen LogP contribution in [0.3, 0.4) is 0 Å². The fourth-order valence-corrected chi connectivity index (χ4v) is 2.45. The Labute approximate surface area is 125 Å². The summed E-state index contributed by atoms with van der Waals surface area (Å²) in [6.07, 6.45) is 0.893. The minimum atomic E-state index is -0.220. The highest BCUT2D eigenvalue weighted by Gasteiger charge is 2.11. The Morgan fingerprint density at radius 1 is 1.21 bits per heavy atom. The number of rotatable bonds is 4. The molecule has 0 spiro atoms. The Hall–Kier alpha value is -1.06. The summed E-state index contributed by atoms with van der Waals surface area (Å²) >= 11 is 9.49. The zero-order valence-electron chi connectivity index (χ0n) is 10.5. The van der Waals surface area contributed by atoms with Gasteiger partial charge >= 0.3 is 0 Å². The molecule has 0 saturated heterocycles. The van der Waals surface area contributed by atoms with Crippen molar-refractivity contribution in [1.29, 1.82) is 0 Å². The predicted molar refractivity (Wildman–Crippen MR) is 82.2 cm³/mol. The molecule has 1 unspecified atom stereocenters. The molecule has 1 N–H and O–H groups in total. The smallest absolute Gasteiger partial charge is 0.123 e. The Balaban J connectivity index is 2.23. The molecule has 100 valence electrons. The molecule has 0 heterocycles. The first-order valence-corrected chi connectivity index (χ1v) is 7.24. The average molecular weight is 343 g/mol. The molecule has 2 aromatic rings. The van der Waals surface area contributed by atoms with E-state index in [2.05, 4.69) is 28.2 Å². The molecule has 0 aromatic heterocycles. The van der Waals surface area contributed by atoms with Gasteiger partial charge in [0, 0.05) is 9.50 Å². The quantitative estimate of drug-likeness (QED) is 0.740. The number of halogens is 3. The first kappa shape index (κ1) is 14.4. The summed E-state index contributed by atoms with van der Waals surface area (Å²) in [5.74, 6) is -0.220. The van der Waals surface area contributed by atoms with Gasteiger partial charge in [0.2, 0.25) is 0 Å². The van der Waals surface area contributed by atoms with E-state index in [1.807, 2.05) is 18.2 Å². The molecular weight excluding hydrogens is 329 g/mol. The number of nitrogens with one attached hydrogen (secondary N) is 1. The zero-order chi connectivity index (χ0) is 13.8. The van der Waals surface area contributed by atoms with Crippen LogP contribution in [0.4, 0.5) is 10.1 Å². The third kappa shape index (κ3) is 3.71. The minimum Gasteiger partial charge on any atom is -0.377 e. The lowest BCUT2D eigenvalue weighted by molar-refractivity contribution is 0.625. The van der Waals surface area contributed by atoms with Crippen molar-refractivity contribution >= 4 is 33.2 Å². The van der Waals surface area contributed by atoms with Gasteiger partial charge < -0.3 is 5.32 Å². The van der Waals surface area contributed by atoms with Gasteiger partial charge in [0.25, 0.3) is 0 Å². The van der Waals surface area contributed by atoms with E-state index in [-0.39, 0.29) is 11.9 Å². The molecule has 0 fully saturated rings. The number of anilines is 1. The summed E-state index contributed by atoms with van der Waals surface area (Å²) < 4.78 is 13.9. The second kappa shape index (κ2) is 6.40. The third-order valence-corrected chi connectivity index (χ3v) is 3.87. The summed E-state index contributed by atoms with van der Waals surface area (Å²) in [5, 5.41) is 4.10. The lowest BCUT2D eigenvalue weighted by Gasteiger charge is -2.20. The van der Waals surface area contributed by atoms with Crippen LogP contribution in [0, 0.1) is 5.82 Å². The molecule has 0 radical (unpaired) electrons. The SMILES string of the molecule is CCC(Nc1cc(Cl)ccc1Br)c1ccc(F)cc1. The van der Waals surface area contributed by atoms with Crippen molar-refractivity contribution in [2.45, 2.75) is 19.4 Å².